The number of amides is 1. The van der Waals surface area contributed by atoms with E-state index in [9.17, 15) is 18.0 Å². The molecule has 1 atom stereocenters. The molecule has 1 spiro atoms. The Kier molecular flexibility index (Phi) is 5.07. The van der Waals surface area contributed by atoms with Crippen LogP contribution in [-0.2, 0) is 4.74 Å². The molecule has 4 fully saturated rings. The van der Waals surface area contributed by atoms with Crippen LogP contribution in [0, 0.1) is 5.82 Å². The van der Waals surface area contributed by atoms with E-state index in [0.29, 0.717) is 39.1 Å². The largest absolute Gasteiger partial charge is 0.378 e. The van der Waals surface area contributed by atoms with E-state index in [2.05, 4.69) is 9.80 Å². The van der Waals surface area contributed by atoms with E-state index in [0.717, 1.165) is 19.6 Å². The fraction of sp³-hybridized carbons (Fsp3) is 0.682. The van der Waals surface area contributed by atoms with Crippen LogP contribution >= 0.6 is 0 Å². The molecule has 0 radical (unpaired) electrons. The first kappa shape index (κ1) is 20.3. The summed E-state index contributed by atoms with van der Waals surface area (Å²) >= 11 is 0. The molecule has 30 heavy (non-hydrogen) atoms. The lowest BCUT2D eigenvalue weighted by atomic mass is 9.79. The lowest BCUT2D eigenvalue weighted by Gasteiger charge is -2.65. The predicted molar refractivity (Wildman–Crippen MR) is 105 cm³/mol. The first-order valence-electron chi connectivity index (χ1n) is 10.9. The number of rotatable bonds is 2. The smallest absolute Gasteiger partial charge is 0.256 e. The van der Waals surface area contributed by atoms with Gasteiger partial charge in [0.2, 0.25) is 5.92 Å². The van der Waals surface area contributed by atoms with E-state index in [1.165, 1.54) is 12.1 Å². The van der Waals surface area contributed by atoms with Crippen molar-refractivity contribution in [3.05, 3.63) is 35.6 Å². The lowest BCUT2D eigenvalue weighted by molar-refractivity contribution is -0.173. The van der Waals surface area contributed by atoms with Crippen LogP contribution in [0.15, 0.2) is 24.3 Å². The minimum Gasteiger partial charge on any atom is -0.378 e. The van der Waals surface area contributed by atoms with Gasteiger partial charge in [0.1, 0.15) is 5.82 Å². The van der Waals surface area contributed by atoms with Crippen molar-refractivity contribution in [2.75, 3.05) is 45.9 Å². The number of ether oxygens (including phenoxy) is 1. The summed E-state index contributed by atoms with van der Waals surface area (Å²) in [5.41, 5.74) is -0.100. The molecule has 3 aliphatic heterocycles. The van der Waals surface area contributed by atoms with Crippen LogP contribution in [0.5, 0.6) is 0 Å². The van der Waals surface area contributed by atoms with Crippen LogP contribution < -0.4 is 0 Å². The second-order valence-corrected chi connectivity index (χ2v) is 9.30. The average molecular weight is 423 g/mol. The summed E-state index contributed by atoms with van der Waals surface area (Å²) in [5, 5.41) is 0. The van der Waals surface area contributed by atoms with Crippen LogP contribution in [0.4, 0.5) is 13.2 Å². The number of fused-ring (bicyclic) bond motifs is 2. The van der Waals surface area contributed by atoms with Crippen molar-refractivity contribution in [2.45, 2.75) is 49.2 Å². The van der Waals surface area contributed by atoms with Gasteiger partial charge in [-0.25, -0.2) is 13.2 Å². The molecule has 4 aliphatic rings. The third-order valence-corrected chi connectivity index (χ3v) is 7.34. The molecule has 1 aromatic carbocycles. The molecule has 8 heteroatoms. The quantitative estimate of drug-likeness (QED) is 0.733. The van der Waals surface area contributed by atoms with Crippen molar-refractivity contribution >= 4 is 5.91 Å². The predicted octanol–water partition coefficient (Wildman–Crippen LogP) is 2.61. The monoisotopic (exact) mass is 423 g/mol. The number of nitrogens with zero attached hydrogens (tertiary/aromatic N) is 3. The van der Waals surface area contributed by atoms with Crippen LogP contribution in [0.2, 0.25) is 0 Å². The van der Waals surface area contributed by atoms with Crippen molar-refractivity contribution in [2.24, 2.45) is 0 Å². The molecule has 0 aromatic heterocycles. The van der Waals surface area contributed by atoms with Gasteiger partial charge in [0.15, 0.2) is 0 Å². The second kappa shape index (κ2) is 7.50. The summed E-state index contributed by atoms with van der Waals surface area (Å²) in [7, 11) is 0. The molecule has 0 bridgehead atoms. The van der Waals surface area contributed by atoms with E-state index in [-0.39, 0.29) is 41.9 Å². The molecule has 3 saturated heterocycles. The number of alkyl halides is 2. The number of carbonyl (C=O) groups excluding carboxylic acids is 1. The SMILES string of the molecule is O=C(c1ccccc1F)N1C[C@@H]2COCCN2C2(C1)CN(C1CCC(F)(F)CC1)C2. The Balaban J connectivity index is 1.32. The van der Waals surface area contributed by atoms with Crippen LogP contribution in [-0.4, -0.2) is 90.1 Å². The highest BCUT2D eigenvalue weighted by molar-refractivity contribution is 5.94. The van der Waals surface area contributed by atoms with Crippen LogP contribution in [0.25, 0.3) is 0 Å². The maximum Gasteiger partial charge on any atom is 0.256 e. The molecule has 1 aromatic rings. The maximum absolute atomic E-state index is 14.2. The summed E-state index contributed by atoms with van der Waals surface area (Å²) < 4.78 is 47.0. The van der Waals surface area contributed by atoms with E-state index in [1.807, 2.05) is 0 Å². The normalized spacial score (nSPS) is 29.4. The van der Waals surface area contributed by atoms with Crippen molar-refractivity contribution in [3.63, 3.8) is 0 Å². The van der Waals surface area contributed by atoms with Crippen molar-refractivity contribution < 1.29 is 22.7 Å². The van der Waals surface area contributed by atoms with E-state index < -0.39 is 11.7 Å². The zero-order valence-corrected chi connectivity index (χ0v) is 17.0. The van der Waals surface area contributed by atoms with E-state index in [4.69, 9.17) is 4.74 Å². The number of hydrogen-bond donors (Lipinski definition) is 0. The second-order valence-electron chi connectivity index (χ2n) is 9.30. The third-order valence-electron chi connectivity index (χ3n) is 7.34. The molecule has 5 nitrogen and oxygen atoms in total. The minimum absolute atomic E-state index is 0.0424. The molecule has 3 heterocycles. The Hall–Kier alpha value is -1.64. The number of morpholine rings is 1. The van der Waals surface area contributed by atoms with Gasteiger partial charge in [-0.3, -0.25) is 14.6 Å². The fourth-order valence-corrected chi connectivity index (χ4v) is 5.79. The number of carbonyl (C=O) groups is 1. The fourth-order valence-electron chi connectivity index (χ4n) is 5.79. The van der Waals surface area contributed by atoms with Gasteiger partial charge >= 0.3 is 0 Å². The highest BCUT2D eigenvalue weighted by Gasteiger charge is 2.56. The topological polar surface area (TPSA) is 36.0 Å². The molecule has 164 valence electrons. The van der Waals surface area contributed by atoms with E-state index >= 15 is 0 Å². The zero-order chi connectivity index (χ0) is 20.9. The van der Waals surface area contributed by atoms with Gasteiger partial charge in [0.05, 0.1) is 30.4 Å². The van der Waals surface area contributed by atoms with Crippen LogP contribution in [0.1, 0.15) is 36.0 Å². The molecule has 5 rings (SSSR count). The standard InChI is InChI=1S/C22H28F3N3O2/c23-19-4-2-1-3-18(19)20(29)26-11-17-12-30-10-9-28(17)21(13-26)14-27(15-21)16-5-7-22(24,25)8-6-16/h1-4,16-17H,5-15H2/t17-/m1/s1. The molecule has 0 unspecified atom stereocenters. The number of hydrogen-bond acceptors (Lipinski definition) is 4. The number of piperazine rings is 1. The summed E-state index contributed by atoms with van der Waals surface area (Å²) in [6.45, 7) is 4.61. The Morgan fingerprint density at radius 1 is 1.07 bits per heavy atom. The van der Waals surface area contributed by atoms with Gasteiger partial charge in [-0.1, -0.05) is 12.1 Å². The van der Waals surface area contributed by atoms with Gasteiger partial charge in [-0.2, -0.15) is 0 Å². The highest BCUT2D eigenvalue weighted by Crippen LogP contribution is 2.42. The zero-order valence-electron chi connectivity index (χ0n) is 17.0. The summed E-state index contributed by atoms with van der Waals surface area (Å²) in [6, 6.07) is 6.37. The number of benzene rings is 1. The molecule has 1 saturated carbocycles. The molecule has 0 N–H and O–H groups in total. The van der Waals surface area contributed by atoms with Gasteiger partial charge in [0, 0.05) is 51.6 Å². The van der Waals surface area contributed by atoms with Crippen molar-refractivity contribution in [3.8, 4) is 0 Å². The Morgan fingerprint density at radius 2 is 1.80 bits per heavy atom. The maximum atomic E-state index is 14.2. The minimum atomic E-state index is -2.53. The highest BCUT2D eigenvalue weighted by atomic mass is 19.3. The van der Waals surface area contributed by atoms with Gasteiger partial charge in [0.25, 0.3) is 5.91 Å². The Morgan fingerprint density at radius 3 is 2.53 bits per heavy atom. The van der Waals surface area contributed by atoms with Crippen molar-refractivity contribution in [1.29, 1.82) is 0 Å². The van der Waals surface area contributed by atoms with Crippen LogP contribution in [0.3, 0.4) is 0 Å². The molecule has 1 amide bonds. The lowest BCUT2D eigenvalue weighted by Crippen LogP contribution is -2.81. The third kappa shape index (κ3) is 3.52. The Labute approximate surface area is 174 Å². The summed E-state index contributed by atoms with van der Waals surface area (Å²) in [6.07, 6.45) is 0.958. The molecule has 1 aliphatic carbocycles. The number of likely N-dealkylation sites (tertiary alicyclic amines) is 1. The van der Waals surface area contributed by atoms with Crippen molar-refractivity contribution in [1.82, 2.24) is 14.7 Å². The summed E-state index contributed by atoms with van der Waals surface area (Å²) in [4.78, 5) is 19.6. The average Bonchev–Trinajstić information content (AvgIpc) is 2.71. The molecular formula is C22H28F3N3O2. The first-order chi connectivity index (χ1) is 14.4. The first-order valence-corrected chi connectivity index (χ1v) is 10.9. The number of halogens is 3. The Bertz CT molecular complexity index is 805. The van der Waals surface area contributed by atoms with Gasteiger partial charge in [-0.15, -0.1) is 0 Å². The van der Waals surface area contributed by atoms with Gasteiger partial charge < -0.3 is 9.64 Å². The van der Waals surface area contributed by atoms with Gasteiger partial charge in [-0.05, 0) is 25.0 Å². The molecular weight excluding hydrogens is 395 g/mol. The summed E-state index contributed by atoms with van der Waals surface area (Å²) in [5.74, 6) is -3.31. The van der Waals surface area contributed by atoms with E-state index in [1.54, 1.807) is 17.0 Å².